The number of aliphatic hydroxyl groups is 1. The molecule has 0 aliphatic rings. The van der Waals surface area contributed by atoms with Crippen LogP contribution in [0.1, 0.15) is 16.7 Å². The summed E-state index contributed by atoms with van der Waals surface area (Å²) < 4.78 is 0. The summed E-state index contributed by atoms with van der Waals surface area (Å²) in [5.74, 6) is 0. The Morgan fingerprint density at radius 3 is 2.50 bits per heavy atom. The number of aliphatic hydroxyl groups excluding tert-OH is 1. The molecule has 4 N–H and O–H groups in total. The zero-order valence-corrected chi connectivity index (χ0v) is 14.9. The van der Waals surface area contributed by atoms with Crippen molar-refractivity contribution in [3.63, 3.8) is 0 Å². The van der Waals surface area contributed by atoms with E-state index in [1.807, 2.05) is 30.3 Å². The molecule has 0 unspecified atom stereocenters. The van der Waals surface area contributed by atoms with Crippen molar-refractivity contribution in [2.24, 2.45) is 0 Å². The normalized spacial score (nSPS) is 11.2. The zero-order chi connectivity index (χ0) is 18.3. The fraction of sp³-hybridized carbons (Fsp3) is 0.136. The van der Waals surface area contributed by atoms with Crippen molar-refractivity contribution >= 4 is 38.9 Å². The molecule has 4 nitrogen and oxygen atoms in total. The Kier molecular flexibility index (Phi) is 3.98. The molecule has 0 aliphatic heterocycles. The molecule has 0 saturated carbocycles. The summed E-state index contributed by atoms with van der Waals surface area (Å²) in [5.41, 5.74) is 13.6. The van der Waals surface area contributed by atoms with Gasteiger partial charge in [-0.3, -0.25) is 0 Å². The van der Waals surface area contributed by atoms with Gasteiger partial charge in [0, 0.05) is 22.1 Å². The molecule has 0 radical (unpaired) electrons. The predicted molar refractivity (Wildman–Crippen MR) is 109 cm³/mol. The third-order valence-corrected chi connectivity index (χ3v) is 4.76. The Hall–Kier alpha value is -3.11. The summed E-state index contributed by atoms with van der Waals surface area (Å²) in [6.07, 6.45) is 0. The number of para-hydroxylation sites is 1. The first-order chi connectivity index (χ1) is 12.5. The van der Waals surface area contributed by atoms with Gasteiger partial charge in [0.15, 0.2) is 0 Å². The van der Waals surface area contributed by atoms with Crippen molar-refractivity contribution in [1.29, 1.82) is 0 Å². The topological polar surface area (TPSA) is 71.2 Å². The molecule has 0 atom stereocenters. The molecule has 3 aromatic carbocycles. The maximum absolute atomic E-state index is 9.47. The fourth-order valence-electron chi connectivity index (χ4n) is 3.31. The van der Waals surface area contributed by atoms with Crippen molar-refractivity contribution < 1.29 is 5.11 Å². The second kappa shape index (κ2) is 6.32. The quantitative estimate of drug-likeness (QED) is 0.368. The number of benzene rings is 3. The smallest absolute Gasteiger partial charge is 0.0733 e. The number of nitrogens with two attached hydrogens (primary N) is 1. The molecule has 1 aromatic heterocycles. The molecular weight excluding hydrogens is 322 g/mol. The Balaban J connectivity index is 1.99. The molecule has 1 heterocycles. The maximum atomic E-state index is 9.47. The van der Waals surface area contributed by atoms with Gasteiger partial charge in [-0.05, 0) is 66.9 Å². The minimum absolute atomic E-state index is 0.0458. The number of aryl methyl sites for hydroxylation is 2. The number of pyridine rings is 1. The van der Waals surface area contributed by atoms with E-state index in [1.165, 1.54) is 11.1 Å². The summed E-state index contributed by atoms with van der Waals surface area (Å²) >= 11 is 0. The van der Waals surface area contributed by atoms with Gasteiger partial charge in [0.1, 0.15) is 0 Å². The van der Waals surface area contributed by atoms with Crippen LogP contribution in [0.5, 0.6) is 0 Å². The van der Waals surface area contributed by atoms with Gasteiger partial charge >= 0.3 is 0 Å². The van der Waals surface area contributed by atoms with Crippen LogP contribution in [0.25, 0.3) is 21.8 Å². The van der Waals surface area contributed by atoms with Crippen LogP contribution >= 0.6 is 0 Å². The first kappa shape index (κ1) is 16.4. The Labute approximate surface area is 152 Å². The van der Waals surface area contributed by atoms with Crippen LogP contribution in [0.15, 0.2) is 54.6 Å². The standard InChI is InChI=1S/C22H21N3O/c1-13-7-19-21(8-14(13)2)25-20-6-4-3-5-18(20)22(19)24-17-10-15(12-26)9-16(23)11-17/h3-11,26H,12,23H2,1-2H3,(H,24,25). The Bertz CT molecular complexity index is 1140. The summed E-state index contributed by atoms with van der Waals surface area (Å²) in [6, 6.07) is 18.0. The van der Waals surface area contributed by atoms with Crippen molar-refractivity contribution in [1.82, 2.24) is 4.98 Å². The SMILES string of the molecule is Cc1cc2nc3ccccc3c(Nc3cc(N)cc(CO)c3)c2cc1C. The van der Waals surface area contributed by atoms with E-state index in [1.54, 1.807) is 6.07 Å². The number of aromatic nitrogens is 1. The van der Waals surface area contributed by atoms with Crippen LogP contribution < -0.4 is 11.1 Å². The third kappa shape index (κ3) is 2.85. The highest BCUT2D eigenvalue weighted by atomic mass is 16.3. The van der Waals surface area contributed by atoms with Gasteiger partial charge in [0.25, 0.3) is 0 Å². The van der Waals surface area contributed by atoms with Crippen molar-refractivity contribution in [3.8, 4) is 0 Å². The van der Waals surface area contributed by atoms with E-state index in [-0.39, 0.29) is 6.61 Å². The molecule has 0 spiro atoms. The molecule has 0 saturated heterocycles. The van der Waals surface area contributed by atoms with Gasteiger partial charge in [-0.2, -0.15) is 0 Å². The molecule has 4 aromatic rings. The lowest BCUT2D eigenvalue weighted by Crippen LogP contribution is -1.99. The molecule has 4 heteroatoms. The summed E-state index contributed by atoms with van der Waals surface area (Å²) in [5, 5.41) is 15.1. The number of nitrogens with one attached hydrogen (secondary N) is 1. The van der Waals surface area contributed by atoms with Gasteiger partial charge in [0.05, 0.1) is 23.3 Å². The Morgan fingerprint density at radius 2 is 1.69 bits per heavy atom. The monoisotopic (exact) mass is 343 g/mol. The summed E-state index contributed by atoms with van der Waals surface area (Å²) in [6.45, 7) is 4.16. The first-order valence-electron chi connectivity index (χ1n) is 8.62. The van der Waals surface area contributed by atoms with E-state index in [2.05, 4.69) is 37.4 Å². The molecule has 26 heavy (non-hydrogen) atoms. The number of nitrogen functional groups attached to an aromatic ring is 1. The average molecular weight is 343 g/mol. The largest absolute Gasteiger partial charge is 0.399 e. The van der Waals surface area contributed by atoms with E-state index in [9.17, 15) is 5.11 Å². The summed E-state index contributed by atoms with van der Waals surface area (Å²) in [7, 11) is 0. The molecular formula is C22H21N3O. The number of hydrogen-bond acceptors (Lipinski definition) is 4. The minimum atomic E-state index is -0.0458. The van der Waals surface area contributed by atoms with Gasteiger partial charge in [-0.1, -0.05) is 18.2 Å². The van der Waals surface area contributed by atoms with Crippen LogP contribution in [-0.2, 0) is 6.61 Å². The van der Waals surface area contributed by atoms with E-state index >= 15 is 0 Å². The van der Waals surface area contributed by atoms with Crippen molar-refractivity contribution in [2.75, 3.05) is 11.1 Å². The first-order valence-corrected chi connectivity index (χ1v) is 8.62. The van der Waals surface area contributed by atoms with Crippen LogP contribution in [0.2, 0.25) is 0 Å². The van der Waals surface area contributed by atoms with E-state index in [4.69, 9.17) is 10.7 Å². The Morgan fingerprint density at radius 1 is 0.923 bits per heavy atom. The fourth-order valence-corrected chi connectivity index (χ4v) is 3.31. The van der Waals surface area contributed by atoms with Gasteiger partial charge < -0.3 is 16.2 Å². The number of fused-ring (bicyclic) bond motifs is 2. The number of nitrogens with zero attached hydrogens (tertiary/aromatic N) is 1. The molecule has 0 fully saturated rings. The third-order valence-electron chi connectivity index (χ3n) is 4.76. The molecule has 0 amide bonds. The highest BCUT2D eigenvalue weighted by Gasteiger charge is 2.11. The molecule has 0 bridgehead atoms. The average Bonchev–Trinajstić information content (AvgIpc) is 2.62. The van der Waals surface area contributed by atoms with Gasteiger partial charge in [-0.25, -0.2) is 4.98 Å². The lowest BCUT2D eigenvalue weighted by atomic mass is 10.0. The van der Waals surface area contributed by atoms with Crippen LogP contribution in [0.3, 0.4) is 0 Å². The van der Waals surface area contributed by atoms with E-state index < -0.39 is 0 Å². The summed E-state index contributed by atoms with van der Waals surface area (Å²) in [4.78, 5) is 4.83. The molecule has 130 valence electrons. The van der Waals surface area contributed by atoms with E-state index in [0.717, 1.165) is 38.7 Å². The van der Waals surface area contributed by atoms with Crippen molar-refractivity contribution in [2.45, 2.75) is 20.5 Å². The van der Waals surface area contributed by atoms with Crippen LogP contribution in [-0.4, -0.2) is 10.1 Å². The lowest BCUT2D eigenvalue weighted by Gasteiger charge is -2.15. The van der Waals surface area contributed by atoms with Crippen LogP contribution in [0, 0.1) is 13.8 Å². The molecule has 0 aliphatic carbocycles. The van der Waals surface area contributed by atoms with E-state index in [0.29, 0.717) is 5.69 Å². The second-order valence-corrected chi connectivity index (χ2v) is 6.70. The second-order valence-electron chi connectivity index (χ2n) is 6.70. The highest BCUT2D eigenvalue weighted by Crippen LogP contribution is 2.35. The van der Waals surface area contributed by atoms with Crippen molar-refractivity contribution in [3.05, 3.63) is 71.3 Å². The van der Waals surface area contributed by atoms with Crippen LogP contribution in [0.4, 0.5) is 17.1 Å². The zero-order valence-electron chi connectivity index (χ0n) is 14.9. The van der Waals surface area contributed by atoms with Gasteiger partial charge in [0.2, 0.25) is 0 Å². The lowest BCUT2D eigenvalue weighted by molar-refractivity contribution is 0.282. The maximum Gasteiger partial charge on any atom is 0.0733 e. The number of anilines is 3. The number of hydrogen-bond donors (Lipinski definition) is 3. The highest BCUT2D eigenvalue weighted by molar-refractivity contribution is 6.09. The minimum Gasteiger partial charge on any atom is -0.399 e. The molecule has 4 rings (SSSR count). The number of rotatable bonds is 3. The predicted octanol–water partition coefficient (Wildman–Crippen LogP) is 4.82. The van der Waals surface area contributed by atoms with Gasteiger partial charge in [-0.15, -0.1) is 0 Å².